The van der Waals surface area contributed by atoms with Gasteiger partial charge in [-0.25, -0.2) is 0 Å². The highest BCUT2D eigenvalue weighted by atomic mass is 14.9. The Kier molecular flexibility index (Phi) is 3.98. The summed E-state index contributed by atoms with van der Waals surface area (Å²) < 4.78 is 0. The fourth-order valence-corrected chi connectivity index (χ4v) is 1.24. The molecule has 0 aromatic rings. The molecule has 1 atom stereocenters. The topological polar surface area (TPSA) is 12.0 Å². The van der Waals surface area contributed by atoms with Crippen LogP contribution in [0.5, 0.6) is 0 Å². The van der Waals surface area contributed by atoms with E-state index >= 15 is 0 Å². The Hall–Kier alpha value is -0.820. The SMILES string of the molecule is C=CC(=C)C(C)(C)[C@H](C=C)NC. The molecule has 0 aliphatic heterocycles. The van der Waals surface area contributed by atoms with Crippen LogP contribution in [0.1, 0.15) is 13.8 Å². The molecule has 12 heavy (non-hydrogen) atoms. The summed E-state index contributed by atoms with van der Waals surface area (Å²) in [7, 11) is 1.92. The lowest BCUT2D eigenvalue weighted by Gasteiger charge is -2.32. The van der Waals surface area contributed by atoms with Gasteiger partial charge < -0.3 is 5.32 Å². The van der Waals surface area contributed by atoms with Crippen molar-refractivity contribution in [3.63, 3.8) is 0 Å². The van der Waals surface area contributed by atoms with Crippen LogP contribution in [-0.2, 0) is 0 Å². The zero-order valence-corrected chi connectivity index (χ0v) is 8.35. The molecule has 0 bridgehead atoms. The van der Waals surface area contributed by atoms with E-state index in [9.17, 15) is 0 Å². The van der Waals surface area contributed by atoms with E-state index in [1.165, 1.54) is 0 Å². The molecule has 0 amide bonds. The van der Waals surface area contributed by atoms with E-state index in [-0.39, 0.29) is 11.5 Å². The largest absolute Gasteiger partial charge is 0.313 e. The number of rotatable bonds is 5. The van der Waals surface area contributed by atoms with Gasteiger partial charge in [-0.15, -0.1) is 6.58 Å². The van der Waals surface area contributed by atoms with Gasteiger partial charge in [-0.1, -0.05) is 39.2 Å². The number of nitrogens with one attached hydrogen (secondary N) is 1. The van der Waals surface area contributed by atoms with Crippen molar-refractivity contribution in [2.45, 2.75) is 19.9 Å². The summed E-state index contributed by atoms with van der Waals surface area (Å²) in [6.45, 7) is 15.7. The van der Waals surface area contributed by atoms with E-state index in [2.05, 4.69) is 38.9 Å². The Morgan fingerprint density at radius 3 is 2.17 bits per heavy atom. The molecule has 0 heterocycles. The van der Waals surface area contributed by atoms with E-state index < -0.39 is 0 Å². The third-order valence-corrected chi connectivity index (χ3v) is 2.40. The van der Waals surface area contributed by atoms with Gasteiger partial charge in [0, 0.05) is 11.5 Å². The quantitative estimate of drug-likeness (QED) is 0.487. The lowest BCUT2D eigenvalue weighted by Crippen LogP contribution is -2.38. The second kappa shape index (κ2) is 4.27. The minimum Gasteiger partial charge on any atom is -0.313 e. The van der Waals surface area contributed by atoms with Crippen LogP contribution < -0.4 is 5.32 Å². The highest BCUT2D eigenvalue weighted by molar-refractivity contribution is 5.24. The van der Waals surface area contributed by atoms with Crippen LogP contribution in [0.15, 0.2) is 37.5 Å². The molecule has 0 rings (SSSR count). The molecular formula is C11H19N. The standard InChI is InChI=1S/C11H19N/c1-7-9(3)11(4,5)10(8-2)12-6/h7-8,10,12H,1-3H2,4-6H3/t10-/m0/s1. The molecule has 1 nitrogen and oxygen atoms in total. The van der Waals surface area contributed by atoms with Crippen molar-refractivity contribution in [2.75, 3.05) is 7.05 Å². The predicted molar refractivity (Wildman–Crippen MR) is 56.2 cm³/mol. The van der Waals surface area contributed by atoms with Crippen molar-refractivity contribution in [1.29, 1.82) is 0 Å². The Bertz CT molecular complexity index is 189. The molecule has 0 unspecified atom stereocenters. The molecule has 0 aliphatic carbocycles. The first-order valence-electron chi connectivity index (χ1n) is 4.12. The fraction of sp³-hybridized carbons (Fsp3) is 0.455. The molecule has 0 aromatic heterocycles. The highest BCUT2D eigenvalue weighted by Crippen LogP contribution is 2.30. The summed E-state index contributed by atoms with van der Waals surface area (Å²) in [5.41, 5.74) is 1.01. The van der Waals surface area contributed by atoms with Gasteiger partial charge in [0.25, 0.3) is 0 Å². The first kappa shape index (κ1) is 11.2. The summed E-state index contributed by atoms with van der Waals surface area (Å²) in [5, 5.41) is 3.18. The molecule has 0 saturated heterocycles. The van der Waals surface area contributed by atoms with Gasteiger partial charge in [-0.05, 0) is 12.6 Å². The van der Waals surface area contributed by atoms with Crippen molar-refractivity contribution >= 4 is 0 Å². The average molecular weight is 165 g/mol. The second-order valence-electron chi connectivity index (χ2n) is 3.45. The van der Waals surface area contributed by atoms with Gasteiger partial charge >= 0.3 is 0 Å². The molecule has 1 N–H and O–H groups in total. The third kappa shape index (κ3) is 2.08. The van der Waals surface area contributed by atoms with E-state index in [1.54, 1.807) is 6.08 Å². The van der Waals surface area contributed by atoms with Gasteiger partial charge in [0.2, 0.25) is 0 Å². The van der Waals surface area contributed by atoms with Gasteiger partial charge in [0.05, 0.1) is 0 Å². The maximum absolute atomic E-state index is 3.96. The van der Waals surface area contributed by atoms with Crippen LogP contribution in [0, 0.1) is 5.41 Å². The molecule has 68 valence electrons. The van der Waals surface area contributed by atoms with Crippen LogP contribution in [0.3, 0.4) is 0 Å². The van der Waals surface area contributed by atoms with Crippen molar-refractivity contribution in [2.24, 2.45) is 5.41 Å². The zero-order chi connectivity index (χ0) is 9.78. The molecule has 0 saturated carbocycles. The normalized spacial score (nSPS) is 13.6. The van der Waals surface area contributed by atoms with Crippen LogP contribution in [0.4, 0.5) is 0 Å². The van der Waals surface area contributed by atoms with Gasteiger partial charge in [0.15, 0.2) is 0 Å². The number of hydrogen-bond donors (Lipinski definition) is 1. The van der Waals surface area contributed by atoms with Gasteiger partial charge in [-0.3, -0.25) is 0 Å². The van der Waals surface area contributed by atoms with Gasteiger partial charge in [0.1, 0.15) is 0 Å². The van der Waals surface area contributed by atoms with Crippen molar-refractivity contribution in [3.05, 3.63) is 37.5 Å². The molecule has 1 heteroatoms. The van der Waals surface area contributed by atoms with Crippen molar-refractivity contribution in [3.8, 4) is 0 Å². The molecule has 0 aromatic carbocycles. The molecule has 0 fully saturated rings. The third-order valence-electron chi connectivity index (χ3n) is 2.40. The Morgan fingerprint density at radius 1 is 1.42 bits per heavy atom. The van der Waals surface area contributed by atoms with Crippen LogP contribution >= 0.6 is 0 Å². The smallest absolute Gasteiger partial charge is 0.0336 e. The molecular weight excluding hydrogens is 146 g/mol. The summed E-state index contributed by atoms with van der Waals surface area (Å²) in [6, 6.07) is 0.239. The van der Waals surface area contributed by atoms with Crippen LogP contribution in [0.25, 0.3) is 0 Å². The summed E-state index contributed by atoms with van der Waals surface area (Å²) >= 11 is 0. The summed E-state index contributed by atoms with van der Waals surface area (Å²) in [4.78, 5) is 0. The lowest BCUT2D eigenvalue weighted by molar-refractivity contribution is 0.364. The minimum absolute atomic E-state index is 0.0156. The van der Waals surface area contributed by atoms with Crippen molar-refractivity contribution < 1.29 is 0 Å². The summed E-state index contributed by atoms with van der Waals surface area (Å²) in [6.07, 6.45) is 3.70. The predicted octanol–water partition coefficient (Wildman–Crippen LogP) is 2.53. The first-order chi connectivity index (χ1) is 5.50. The van der Waals surface area contributed by atoms with Crippen molar-refractivity contribution in [1.82, 2.24) is 5.32 Å². The van der Waals surface area contributed by atoms with Gasteiger partial charge in [-0.2, -0.15) is 0 Å². The number of hydrogen-bond acceptors (Lipinski definition) is 1. The average Bonchev–Trinajstić information content (AvgIpc) is 2.04. The van der Waals surface area contributed by atoms with Crippen LogP contribution in [0.2, 0.25) is 0 Å². The van der Waals surface area contributed by atoms with E-state index in [0.29, 0.717) is 0 Å². The van der Waals surface area contributed by atoms with E-state index in [4.69, 9.17) is 0 Å². The molecule has 0 aliphatic rings. The molecule has 0 spiro atoms. The Balaban J connectivity index is 4.66. The maximum Gasteiger partial charge on any atom is 0.0336 e. The van der Waals surface area contributed by atoms with Crippen LogP contribution in [-0.4, -0.2) is 13.1 Å². The fourth-order valence-electron chi connectivity index (χ4n) is 1.24. The lowest BCUT2D eigenvalue weighted by atomic mass is 9.78. The second-order valence-corrected chi connectivity index (χ2v) is 3.45. The summed E-state index contributed by atoms with van der Waals surface area (Å²) in [5.74, 6) is 0. The monoisotopic (exact) mass is 165 g/mol. The van der Waals surface area contributed by atoms with E-state index in [1.807, 2.05) is 13.1 Å². The Labute approximate surface area is 75.9 Å². The molecule has 0 radical (unpaired) electrons. The number of allylic oxidation sites excluding steroid dienone is 1. The zero-order valence-electron chi connectivity index (χ0n) is 8.35. The van der Waals surface area contributed by atoms with E-state index in [0.717, 1.165) is 5.57 Å². The maximum atomic E-state index is 3.96. The number of likely N-dealkylation sites (N-methyl/N-ethyl adjacent to an activating group) is 1. The first-order valence-corrected chi connectivity index (χ1v) is 4.12. The minimum atomic E-state index is -0.0156. The Morgan fingerprint density at radius 2 is 1.92 bits per heavy atom. The highest BCUT2D eigenvalue weighted by Gasteiger charge is 2.27.